The summed E-state index contributed by atoms with van der Waals surface area (Å²) in [5.41, 5.74) is 2.02. The SMILES string of the molecule is Cc1cc(C(=O)NC23CC4CC(CC(C4)C2)C3)ccc1Br. The van der Waals surface area contributed by atoms with Crippen molar-refractivity contribution >= 4 is 21.8 Å². The molecule has 0 spiro atoms. The minimum atomic E-state index is 0.104. The molecular weight excluding hydrogens is 326 g/mol. The topological polar surface area (TPSA) is 29.1 Å². The lowest BCUT2D eigenvalue weighted by molar-refractivity contribution is -0.0167. The maximum atomic E-state index is 12.7. The van der Waals surface area contributed by atoms with Gasteiger partial charge in [0.05, 0.1) is 0 Å². The summed E-state index contributed by atoms with van der Waals surface area (Å²) < 4.78 is 1.06. The van der Waals surface area contributed by atoms with Crippen molar-refractivity contribution in [3.8, 4) is 0 Å². The van der Waals surface area contributed by atoms with Crippen LogP contribution in [0.2, 0.25) is 0 Å². The molecule has 2 nitrogen and oxygen atoms in total. The third-order valence-corrected chi connectivity index (χ3v) is 6.73. The molecule has 21 heavy (non-hydrogen) atoms. The summed E-state index contributed by atoms with van der Waals surface area (Å²) in [6, 6.07) is 5.89. The molecule has 4 saturated carbocycles. The van der Waals surface area contributed by atoms with Crippen LogP contribution in [0.4, 0.5) is 0 Å². The fourth-order valence-electron chi connectivity index (χ4n) is 5.36. The number of rotatable bonds is 2. The van der Waals surface area contributed by atoms with Crippen molar-refractivity contribution in [2.75, 3.05) is 0 Å². The molecule has 0 unspecified atom stereocenters. The van der Waals surface area contributed by atoms with Crippen LogP contribution in [0.1, 0.15) is 54.4 Å². The van der Waals surface area contributed by atoms with E-state index >= 15 is 0 Å². The molecule has 0 aliphatic heterocycles. The van der Waals surface area contributed by atoms with E-state index < -0.39 is 0 Å². The van der Waals surface area contributed by atoms with Crippen LogP contribution in [0.25, 0.3) is 0 Å². The van der Waals surface area contributed by atoms with Crippen molar-refractivity contribution in [1.29, 1.82) is 0 Å². The average Bonchev–Trinajstić information content (AvgIpc) is 2.39. The molecule has 0 heterocycles. The van der Waals surface area contributed by atoms with Crippen LogP contribution in [-0.2, 0) is 0 Å². The van der Waals surface area contributed by atoms with Crippen LogP contribution in [0, 0.1) is 24.7 Å². The Labute approximate surface area is 134 Å². The van der Waals surface area contributed by atoms with E-state index in [2.05, 4.69) is 21.2 Å². The number of halogens is 1. The Morgan fingerprint density at radius 2 is 1.71 bits per heavy atom. The van der Waals surface area contributed by atoms with E-state index in [0.29, 0.717) is 0 Å². The van der Waals surface area contributed by atoms with Crippen molar-refractivity contribution in [3.05, 3.63) is 33.8 Å². The van der Waals surface area contributed by atoms with E-state index in [-0.39, 0.29) is 11.4 Å². The van der Waals surface area contributed by atoms with Crippen LogP contribution < -0.4 is 5.32 Å². The molecule has 0 saturated heterocycles. The Hall–Kier alpha value is -0.830. The van der Waals surface area contributed by atoms with Gasteiger partial charge in [-0.2, -0.15) is 0 Å². The van der Waals surface area contributed by atoms with Crippen LogP contribution in [-0.4, -0.2) is 11.4 Å². The second-order valence-corrected chi connectivity index (χ2v) is 8.47. The van der Waals surface area contributed by atoms with E-state index in [0.717, 1.165) is 33.4 Å². The average molecular weight is 348 g/mol. The number of hydrogen-bond donors (Lipinski definition) is 1. The predicted molar refractivity (Wildman–Crippen MR) is 87.2 cm³/mol. The number of amides is 1. The monoisotopic (exact) mass is 347 g/mol. The van der Waals surface area contributed by atoms with Crippen LogP contribution in [0.5, 0.6) is 0 Å². The number of carbonyl (C=O) groups is 1. The molecule has 1 amide bonds. The van der Waals surface area contributed by atoms with E-state index in [9.17, 15) is 4.79 Å². The summed E-state index contributed by atoms with van der Waals surface area (Å²) in [6.45, 7) is 2.03. The molecule has 5 rings (SSSR count). The van der Waals surface area contributed by atoms with Gasteiger partial charge >= 0.3 is 0 Å². The standard InChI is InChI=1S/C18H22BrNO/c1-11-4-15(2-3-16(11)19)17(21)20-18-8-12-5-13(9-18)7-14(6-12)10-18/h2-4,12-14H,5-10H2,1H3,(H,20,21). The molecule has 4 bridgehead atoms. The summed E-state index contributed by atoms with van der Waals surface area (Å²) in [5.74, 6) is 2.71. The first kappa shape index (κ1) is 13.8. The van der Waals surface area contributed by atoms with Crippen molar-refractivity contribution in [1.82, 2.24) is 5.32 Å². The molecule has 0 radical (unpaired) electrons. The summed E-state index contributed by atoms with van der Waals surface area (Å²) in [6.07, 6.45) is 7.85. The lowest BCUT2D eigenvalue weighted by atomic mass is 9.53. The first-order valence-corrected chi connectivity index (χ1v) is 8.91. The molecule has 4 fully saturated rings. The van der Waals surface area contributed by atoms with E-state index in [1.54, 1.807) is 0 Å². The number of benzene rings is 1. The van der Waals surface area contributed by atoms with Gasteiger partial charge in [-0.1, -0.05) is 15.9 Å². The zero-order chi connectivity index (χ0) is 14.6. The smallest absolute Gasteiger partial charge is 0.251 e. The van der Waals surface area contributed by atoms with Gasteiger partial charge in [0.15, 0.2) is 0 Å². The first-order valence-electron chi connectivity index (χ1n) is 8.12. The first-order chi connectivity index (χ1) is 10.0. The Bertz CT molecular complexity index is 560. The number of carbonyl (C=O) groups excluding carboxylic acids is 1. The summed E-state index contributed by atoms with van der Waals surface area (Å²) in [4.78, 5) is 12.7. The molecule has 3 heteroatoms. The van der Waals surface area contributed by atoms with Crippen molar-refractivity contribution in [3.63, 3.8) is 0 Å². The lowest BCUT2D eigenvalue weighted by Crippen LogP contribution is -2.59. The number of nitrogens with one attached hydrogen (secondary N) is 1. The third-order valence-electron chi connectivity index (χ3n) is 5.84. The molecule has 1 aromatic carbocycles. The Morgan fingerprint density at radius 1 is 1.14 bits per heavy atom. The predicted octanol–water partition coefficient (Wildman–Crippen LogP) is 4.46. The molecule has 4 aliphatic rings. The summed E-state index contributed by atoms with van der Waals surface area (Å²) in [5, 5.41) is 3.43. The summed E-state index contributed by atoms with van der Waals surface area (Å²) >= 11 is 3.50. The normalized spacial score (nSPS) is 36.8. The molecular formula is C18H22BrNO. The molecule has 4 aliphatic carbocycles. The maximum absolute atomic E-state index is 12.7. The van der Waals surface area contributed by atoms with E-state index in [1.807, 2.05) is 25.1 Å². The largest absolute Gasteiger partial charge is 0.347 e. The fraction of sp³-hybridized carbons (Fsp3) is 0.611. The van der Waals surface area contributed by atoms with Gasteiger partial charge in [0.1, 0.15) is 0 Å². The Kier molecular flexibility index (Phi) is 3.18. The van der Waals surface area contributed by atoms with Gasteiger partial charge in [-0.3, -0.25) is 4.79 Å². The van der Waals surface area contributed by atoms with Crippen molar-refractivity contribution in [2.24, 2.45) is 17.8 Å². The second kappa shape index (κ2) is 4.84. The highest BCUT2D eigenvalue weighted by molar-refractivity contribution is 9.10. The second-order valence-electron chi connectivity index (χ2n) is 7.62. The van der Waals surface area contributed by atoms with E-state index in [1.165, 1.54) is 38.5 Å². The van der Waals surface area contributed by atoms with Crippen molar-refractivity contribution in [2.45, 2.75) is 51.0 Å². The molecule has 0 atom stereocenters. The minimum absolute atomic E-state index is 0.104. The highest BCUT2D eigenvalue weighted by atomic mass is 79.9. The minimum Gasteiger partial charge on any atom is -0.347 e. The molecule has 1 N–H and O–H groups in total. The van der Waals surface area contributed by atoms with Crippen LogP contribution >= 0.6 is 15.9 Å². The quantitative estimate of drug-likeness (QED) is 0.840. The molecule has 0 aromatic heterocycles. The van der Waals surface area contributed by atoms with Gasteiger partial charge in [-0.15, -0.1) is 0 Å². The van der Waals surface area contributed by atoms with E-state index in [4.69, 9.17) is 0 Å². The third kappa shape index (κ3) is 2.44. The van der Waals surface area contributed by atoms with Gasteiger partial charge in [0, 0.05) is 15.6 Å². The van der Waals surface area contributed by atoms with Gasteiger partial charge < -0.3 is 5.32 Å². The van der Waals surface area contributed by atoms with Gasteiger partial charge in [-0.05, 0) is 87.0 Å². The Morgan fingerprint density at radius 3 is 2.24 bits per heavy atom. The molecule has 1 aromatic rings. The van der Waals surface area contributed by atoms with Gasteiger partial charge in [-0.25, -0.2) is 0 Å². The highest BCUT2D eigenvalue weighted by Crippen LogP contribution is 2.55. The van der Waals surface area contributed by atoms with Crippen LogP contribution in [0.3, 0.4) is 0 Å². The number of aryl methyl sites for hydroxylation is 1. The zero-order valence-corrected chi connectivity index (χ0v) is 14.1. The lowest BCUT2D eigenvalue weighted by Gasteiger charge is -2.56. The van der Waals surface area contributed by atoms with Crippen molar-refractivity contribution < 1.29 is 4.79 Å². The van der Waals surface area contributed by atoms with Gasteiger partial charge in [0.2, 0.25) is 0 Å². The van der Waals surface area contributed by atoms with Crippen LogP contribution in [0.15, 0.2) is 22.7 Å². The Balaban J connectivity index is 1.55. The summed E-state index contributed by atoms with van der Waals surface area (Å²) in [7, 11) is 0. The number of hydrogen-bond acceptors (Lipinski definition) is 1. The highest BCUT2D eigenvalue weighted by Gasteiger charge is 2.51. The molecule has 112 valence electrons. The van der Waals surface area contributed by atoms with Gasteiger partial charge in [0.25, 0.3) is 5.91 Å². The maximum Gasteiger partial charge on any atom is 0.251 e. The fourth-order valence-corrected chi connectivity index (χ4v) is 5.61. The zero-order valence-electron chi connectivity index (χ0n) is 12.5.